The largest absolute Gasteiger partial charge is 0.448 e. The summed E-state index contributed by atoms with van der Waals surface area (Å²) in [6, 6.07) is 0.0126. The molecule has 1 amide bonds. The number of aryl methyl sites for hydroxylation is 2. The van der Waals surface area contributed by atoms with Crippen molar-refractivity contribution in [1.82, 2.24) is 20.2 Å². The molecule has 88 valence electrons. The van der Waals surface area contributed by atoms with Crippen LogP contribution in [0.1, 0.15) is 18.3 Å². The van der Waals surface area contributed by atoms with Gasteiger partial charge in [-0.3, -0.25) is 0 Å². The molecule has 1 aromatic heterocycles. The van der Waals surface area contributed by atoms with Crippen molar-refractivity contribution in [1.29, 1.82) is 0 Å². The van der Waals surface area contributed by atoms with Crippen molar-refractivity contribution in [2.45, 2.75) is 20.8 Å². The van der Waals surface area contributed by atoms with Gasteiger partial charge in [-0.25, -0.2) is 4.79 Å². The Labute approximate surface area is 93.4 Å². The number of aromatic nitrogens is 3. The summed E-state index contributed by atoms with van der Waals surface area (Å²) < 4.78 is 4.72. The molecule has 0 spiro atoms. The normalized spacial score (nSPS) is 9.75. The van der Waals surface area contributed by atoms with Gasteiger partial charge >= 0.3 is 12.1 Å². The zero-order valence-corrected chi connectivity index (χ0v) is 9.72. The van der Waals surface area contributed by atoms with Crippen molar-refractivity contribution in [2.24, 2.45) is 0 Å². The second kappa shape index (κ2) is 5.24. The summed E-state index contributed by atoms with van der Waals surface area (Å²) in [5.74, 6) is 0. The zero-order chi connectivity index (χ0) is 12.1. The van der Waals surface area contributed by atoms with E-state index in [1.807, 2.05) is 0 Å². The standard InChI is InChI=1S/C9H14N4O3/c1-5-15-9(14)13(4)16-8-10-6(2)7(3)11-12-8/h5H2,1-4H3. The van der Waals surface area contributed by atoms with Crippen LogP contribution < -0.4 is 4.84 Å². The molecular weight excluding hydrogens is 212 g/mol. The molecule has 7 nitrogen and oxygen atoms in total. The molecule has 0 fully saturated rings. The lowest BCUT2D eigenvalue weighted by Gasteiger charge is -2.14. The molecule has 16 heavy (non-hydrogen) atoms. The smallest absolute Gasteiger partial charge is 0.443 e. The van der Waals surface area contributed by atoms with Crippen LogP contribution in [0.15, 0.2) is 0 Å². The van der Waals surface area contributed by atoms with Crippen LogP contribution in [-0.4, -0.2) is 40.0 Å². The Hall–Kier alpha value is -1.92. The van der Waals surface area contributed by atoms with Crippen molar-refractivity contribution in [2.75, 3.05) is 13.7 Å². The minimum absolute atomic E-state index is 0.0126. The molecular formula is C9H14N4O3. The third kappa shape index (κ3) is 3.04. The molecule has 0 bridgehead atoms. The second-order valence-corrected chi connectivity index (χ2v) is 3.05. The van der Waals surface area contributed by atoms with Crippen molar-refractivity contribution in [3.63, 3.8) is 0 Å². The molecule has 7 heteroatoms. The molecule has 0 aliphatic heterocycles. The van der Waals surface area contributed by atoms with Crippen LogP contribution in [-0.2, 0) is 4.74 Å². The van der Waals surface area contributed by atoms with Gasteiger partial charge < -0.3 is 9.57 Å². The maximum Gasteiger partial charge on any atom is 0.443 e. The Bertz CT molecular complexity index is 383. The Morgan fingerprint density at radius 1 is 1.31 bits per heavy atom. The quantitative estimate of drug-likeness (QED) is 0.712. The highest BCUT2D eigenvalue weighted by Gasteiger charge is 2.13. The van der Waals surface area contributed by atoms with Crippen molar-refractivity contribution in [3.8, 4) is 6.01 Å². The lowest BCUT2D eigenvalue weighted by Crippen LogP contribution is -2.31. The fourth-order valence-electron chi connectivity index (χ4n) is 0.850. The summed E-state index contributed by atoms with van der Waals surface area (Å²) in [6.45, 7) is 5.55. The summed E-state index contributed by atoms with van der Waals surface area (Å²) in [6.07, 6.45) is -0.607. The van der Waals surface area contributed by atoms with Crippen molar-refractivity contribution >= 4 is 6.09 Å². The highest BCUT2D eigenvalue weighted by atomic mass is 16.7. The molecule has 1 rings (SSSR count). The minimum atomic E-state index is -0.607. The van der Waals surface area contributed by atoms with E-state index in [1.165, 1.54) is 7.05 Å². The first-order chi connectivity index (χ1) is 7.54. The van der Waals surface area contributed by atoms with Crippen molar-refractivity contribution < 1.29 is 14.4 Å². The van der Waals surface area contributed by atoms with Crippen LogP contribution in [0.5, 0.6) is 6.01 Å². The van der Waals surface area contributed by atoms with Gasteiger partial charge in [-0.2, -0.15) is 4.98 Å². The molecule has 1 heterocycles. The minimum Gasteiger partial charge on any atom is -0.448 e. The third-order valence-electron chi connectivity index (χ3n) is 1.82. The van der Waals surface area contributed by atoms with E-state index in [-0.39, 0.29) is 12.6 Å². The molecule has 1 aromatic rings. The Balaban J connectivity index is 2.66. The van der Waals surface area contributed by atoms with Gasteiger partial charge in [-0.05, 0) is 20.8 Å². The van der Waals surface area contributed by atoms with Gasteiger partial charge in [0.1, 0.15) is 0 Å². The Kier molecular flexibility index (Phi) is 3.98. The van der Waals surface area contributed by atoms with Gasteiger partial charge in [-0.15, -0.1) is 10.2 Å². The van der Waals surface area contributed by atoms with E-state index in [0.717, 1.165) is 5.06 Å². The number of carbonyl (C=O) groups excluding carboxylic acids is 1. The molecule has 0 aliphatic carbocycles. The average Bonchev–Trinajstić information content (AvgIpc) is 2.24. The molecule has 0 saturated carbocycles. The van der Waals surface area contributed by atoms with Gasteiger partial charge in [0, 0.05) is 0 Å². The SMILES string of the molecule is CCOC(=O)N(C)Oc1nnc(C)c(C)n1. The van der Waals surface area contributed by atoms with Crippen LogP contribution >= 0.6 is 0 Å². The Morgan fingerprint density at radius 2 is 2.00 bits per heavy atom. The second-order valence-electron chi connectivity index (χ2n) is 3.05. The fraction of sp³-hybridized carbons (Fsp3) is 0.556. The van der Waals surface area contributed by atoms with Gasteiger partial charge in [-0.1, -0.05) is 5.10 Å². The first-order valence-electron chi connectivity index (χ1n) is 4.81. The van der Waals surface area contributed by atoms with E-state index in [4.69, 9.17) is 9.57 Å². The summed E-state index contributed by atoms with van der Waals surface area (Å²) >= 11 is 0. The molecule has 0 N–H and O–H groups in total. The van der Waals surface area contributed by atoms with Crippen LogP contribution in [0.3, 0.4) is 0 Å². The van der Waals surface area contributed by atoms with Crippen molar-refractivity contribution in [3.05, 3.63) is 11.4 Å². The number of hydrogen-bond donors (Lipinski definition) is 0. The van der Waals surface area contributed by atoms with E-state index in [2.05, 4.69) is 15.2 Å². The number of ether oxygens (including phenoxy) is 1. The fourth-order valence-corrected chi connectivity index (χ4v) is 0.850. The van der Waals surface area contributed by atoms with Gasteiger partial charge in [0.2, 0.25) is 0 Å². The molecule has 0 saturated heterocycles. The average molecular weight is 226 g/mol. The summed E-state index contributed by atoms with van der Waals surface area (Å²) in [5.41, 5.74) is 1.41. The number of nitrogens with zero attached hydrogens (tertiary/aromatic N) is 4. The Morgan fingerprint density at radius 3 is 2.56 bits per heavy atom. The summed E-state index contributed by atoms with van der Waals surface area (Å²) in [7, 11) is 1.41. The van der Waals surface area contributed by atoms with Crippen LogP contribution in [0.4, 0.5) is 4.79 Å². The molecule has 0 radical (unpaired) electrons. The maximum atomic E-state index is 11.2. The molecule has 0 aliphatic rings. The van der Waals surface area contributed by atoms with E-state index in [1.54, 1.807) is 20.8 Å². The van der Waals surface area contributed by atoms with Gasteiger partial charge in [0.25, 0.3) is 0 Å². The number of hydrogen-bond acceptors (Lipinski definition) is 6. The summed E-state index contributed by atoms with van der Waals surface area (Å²) in [4.78, 5) is 20.3. The van der Waals surface area contributed by atoms with E-state index >= 15 is 0 Å². The number of carbonyl (C=O) groups is 1. The molecule has 0 atom stereocenters. The van der Waals surface area contributed by atoms with Crippen LogP contribution in [0, 0.1) is 13.8 Å². The van der Waals surface area contributed by atoms with E-state index in [9.17, 15) is 4.79 Å². The lowest BCUT2D eigenvalue weighted by molar-refractivity contribution is -0.0344. The first kappa shape index (κ1) is 12.2. The number of hydroxylamine groups is 2. The maximum absolute atomic E-state index is 11.2. The van der Waals surface area contributed by atoms with E-state index in [0.29, 0.717) is 11.4 Å². The number of rotatable bonds is 3. The lowest BCUT2D eigenvalue weighted by atomic mass is 10.4. The predicted octanol–water partition coefficient (Wildman–Crippen LogP) is 0.871. The highest BCUT2D eigenvalue weighted by Crippen LogP contribution is 2.05. The zero-order valence-electron chi connectivity index (χ0n) is 9.72. The van der Waals surface area contributed by atoms with E-state index < -0.39 is 6.09 Å². The van der Waals surface area contributed by atoms with Crippen LogP contribution in [0.25, 0.3) is 0 Å². The highest BCUT2D eigenvalue weighted by molar-refractivity contribution is 5.65. The topological polar surface area (TPSA) is 77.4 Å². The third-order valence-corrected chi connectivity index (χ3v) is 1.82. The van der Waals surface area contributed by atoms with Gasteiger partial charge in [0.15, 0.2) is 0 Å². The molecule has 0 unspecified atom stereocenters. The van der Waals surface area contributed by atoms with Gasteiger partial charge in [0.05, 0.1) is 25.0 Å². The predicted molar refractivity (Wildman–Crippen MR) is 54.7 cm³/mol. The van der Waals surface area contributed by atoms with Crippen LogP contribution in [0.2, 0.25) is 0 Å². The first-order valence-corrected chi connectivity index (χ1v) is 4.81. The summed E-state index contributed by atoms with van der Waals surface area (Å²) in [5, 5.41) is 8.42. The monoisotopic (exact) mass is 226 g/mol. The molecule has 0 aromatic carbocycles. The number of amides is 1.